The van der Waals surface area contributed by atoms with Crippen LogP contribution in [0.4, 0.5) is 18.9 Å². The van der Waals surface area contributed by atoms with E-state index in [4.69, 9.17) is 0 Å². The summed E-state index contributed by atoms with van der Waals surface area (Å²) in [7, 11) is 1.97. The molecular formula is C15H21F3N2. The molecular weight excluding hydrogens is 265 g/mol. The molecule has 0 aromatic heterocycles. The number of hydrogen-bond donors (Lipinski definition) is 1. The van der Waals surface area contributed by atoms with Crippen LogP contribution in [0.2, 0.25) is 0 Å². The van der Waals surface area contributed by atoms with E-state index in [1.807, 2.05) is 7.05 Å². The molecule has 0 spiro atoms. The van der Waals surface area contributed by atoms with Gasteiger partial charge in [0.2, 0.25) is 0 Å². The van der Waals surface area contributed by atoms with Crippen LogP contribution >= 0.6 is 0 Å². The lowest BCUT2D eigenvalue weighted by molar-refractivity contribution is -0.137. The molecule has 20 heavy (non-hydrogen) atoms. The standard InChI is InChI=1S/C15H21F3N2/c1-11(19-2)12-7-9-20(10-8-12)14-5-3-13(4-6-14)15(16,17)18/h3-6,11-12,19H,7-10H2,1-2H3. The largest absolute Gasteiger partial charge is 0.416 e. The Balaban J connectivity index is 1.97. The zero-order valence-corrected chi connectivity index (χ0v) is 11.9. The first-order chi connectivity index (χ1) is 9.41. The highest BCUT2D eigenvalue weighted by Gasteiger charge is 2.30. The second kappa shape index (κ2) is 6.04. The molecule has 0 radical (unpaired) electrons. The lowest BCUT2D eigenvalue weighted by Gasteiger charge is -2.36. The van der Waals surface area contributed by atoms with Crippen molar-refractivity contribution in [3.63, 3.8) is 0 Å². The maximum atomic E-state index is 12.5. The smallest absolute Gasteiger partial charge is 0.372 e. The maximum absolute atomic E-state index is 12.5. The quantitative estimate of drug-likeness (QED) is 0.914. The van der Waals surface area contributed by atoms with Crippen molar-refractivity contribution in [1.29, 1.82) is 0 Å². The third-order valence-corrected chi connectivity index (χ3v) is 4.26. The summed E-state index contributed by atoms with van der Waals surface area (Å²) in [6.07, 6.45) is -2.11. The Labute approximate surface area is 118 Å². The van der Waals surface area contributed by atoms with Crippen molar-refractivity contribution in [3.05, 3.63) is 29.8 Å². The molecule has 0 aliphatic carbocycles. The molecule has 1 saturated heterocycles. The van der Waals surface area contributed by atoms with Gasteiger partial charge in [0, 0.05) is 24.8 Å². The summed E-state index contributed by atoms with van der Waals surface area (Å²) >= 11 is 0. The number of nitrogens with one attached hydrogen (secondary N) is 1. The molecule has 0 saturated carbocycles. The van der Waals surface area contributed by atoms with E-state index < -0.39 is 11.7 Å². The predicted molar refractivity (Wildman–Crippen MR) is 74.9 cm³/mol. The lowest BCUT2D eigenvalue weighted by atomic mass is 9.90. The van der Waals surface area contributed by atoms with Crippen LogP contribution < -0.4 is 10.2 Å². The Morgan fingerprint density at radius 2 is 1.70 bits per heavy atom. The van der Waals surface area contributed by atoms with Crippen molar-refractivity contribution in [2.75, 3.05) is 25.0 Å². The van der Waals surface area contributed by atoms with E-state index in [1.165, 1.54) is 0 Å². The highest BCUT2D eigenvalue weighted by molar-refractivity contribution is 5.48. The SMILES string of the molecule is CNC(C)C1CCN(c2ccc(C(F)(F)F)cc2)CC1. The molecule has 1 fully saturated rings. The van der Waals surface area contributed by atoms with Gasteiger partial charge in [-0.3, -0.25) is 0 Å². The van der Waals surface area contributed by atoms with Crippen molar-refractivity contribution in [2.24, 2.45) is 5.92 Å². The molecule has 112 valence electrons. The fraction of sp³-hybridized carbons (Fsp3) is 0.600. The van der Waals surface area contributed by atoms with Gasteiger partial charge in [0.05, 0.1) is 5.56 Å². The van der Waals surface area contributed by atoms with Crippen LogP contribution in [0.15, 0.2) is 24.3 Å². The van der Waals surface area contributed by atoms with Gasteiger partial charge in [-0.2, -0.15) is 13.2 Å². The van der Waals surface area contributed by atoms with Crippen LogP contribution in [0, 0.1) is 5.92 Å². The van der Waals surface area contributed by atoms with Crippen molar-refractivity contribution in [1.82, 2.24) is 5.32 Å². The van der Waals surface area contributed by atoms with Crippen LogP contribution in [-0.4, -0.2) is 26.2 Å². The number of nitrogens with zero attached hydrogens (tertiary/aromatic N) is 1. The van der Waals surface area contributed by atoms with Crippen LogP contribution in [-0.2, 0) is 6.18 Å². The molecule has 1 aliphatic rings. The molecule has 1 aliphatic heterocycles. The van der Waals surface area contributed by atoms with Crippen molar-refractivity contribution in [2.45, 2.75) is 32.0 Å². The molecule has 1 unspecified atom stereocenters. The fourth-order valence-electron chi connectivity index (χ4n) is 2.75. The summed E-state index contributed by atoms with van der Waals surface area (Å²) in [6.45, 7) is 3.99. The van der Waals surface area contributed by atoms with Crippen molar-refractivity contribution in [3.8, 4) is 0 Å². The number of anilines is 1. The highest BCUT2D eigenvalue weighted by atomic mass is 19.4. The average molecular weight is 286 g/mol. The second-order valence-electron chi connectivity index (χ2n) is 5.45. The summed E-state index contributed by atoms with van der Waals surface area (Å²) in [5.41, 5.74) is 0.300. The molecule has 2 rings (SSSR count). The minimum Gasteiger partial charge on any atom is -0.372 e. The summed E-state index contributed by atoms with van der Waals surface area (Å²) < 4.78 is 37.6. The van der Waals surface area contributed by atoms with Crippen LogP contribution in [0.1, 0.15) is 25.3 Å². The number of halogens is 3. The van der Waals surface area contributed by atoms with E-state index in [9.17, 15) is 13.2 Å². The fourth-order valence-corrected chi connectivity index (χ4v) is 2.75. The summed E-state index contributed by atoms with van der Waals surface area (Å²) in [5.74, 6) is 0.644. The highest BCUT2D eigenvalue weighted by Crippen LogP contribution is 2.31. The van der Waals surface area contributed by atoms with Crippen LogP contribution in [0.5, 0.6) is 0 Å². The molecule has 2 nitrogen and oxygen atoms in total. The van der Waals surface area contributed by atoms with Gasteiger partial charge in [-0.05, 0) is 57.0 Å². The van der Waals surface area contributed by atoms with Crippen molar-refractivity contribution >= 4 is 5.69 Å². The predicted octanol–water partition coefficient (Wildman–Crippen LogP) is 3.53. The van der Waals surface area contributed by atoms with Gasteiger partial charge in [0.15, 0.2) is 0 Å². The van der Waals surface area contributed by atoms with Gasteiger partial charge in [-0.1, -0.05) is 0 Å². The minimum atomic E-state index is -4.26. The first-order valence-electron chi connectivity index (χ1n) is 7.01. The average Bonchev–Trinajstić information content (AvgIpc) is 2.46. The van der Waals surface area contributed by atoms with Gasteiger partial charge < -0.3 is 10.2 Å². The lowest BCUT2D eigenvalue weighted by Crippen LogP contribution is -2.40. The molecule has 5 heteroatoms. The van der Waals surface area contributed by atoms with E-state index in [-0.39, 0.29) is 0 Å². The summed E-state index contributed by atoms with van der Waals surface area (Å²) in [4.78, 5) is 2.17. The molecule has 0 amide bonds. The number of rotatable bonds is 3. The number of benzene rings is 1. The van der Waals surface area contributed by atoms with Gasteiger partial charge in [0.25, 0.3) is 0 Å². The van der Waals surface area contributed by atoms with E-state index in [1.54, 1.807) is 12.1 Å². The van der Waals surface area contributed by atoms with E-state index in [0.29, 0.717) is 12.0 Å². The topological polar surface area (TPSA) is 15.3 Å². The molecule has 1 N–H and O–H groups in total. The molecule has 1 aromatic carbocycles. The third kappa shape index (κ3) is 3.45. The Morgan fingerprint density at radius 3 is 2.15 bits per heavy atom. The van der Waals surface area contributed by atoms with E-state index in [0.717, 1.165) is 43.8 Å². The minimum absolute atomic E-state index is 0.491. The normalized spacial score (nSPS) is 19.1. The third-order valence-electron chi connectivity index (χ3n) is 4.26. The maximum Gasteiger partial charge on any atom is 0.416 e. The van der Waals surface area contributed by atoms with E-state index in [2.05, 4.69) is 17.1 Å². The van der Waals surface area contributed by atoms with Crippen LogP contribution in [0.3, 0.4) is 0 Å². The molecule has 1 atom stereocenters. The Morgan fingerprint density at radius 1 is 1.15 bits per heavy atom. The van der Waals surface area contributed by atoms with Gasteiger partial charge in [-0.15, -0.1) is 0 Å². The summed E-state index contributed by atoms with van der Waals surface area (Å²) in [5, 5.41) is 3.27. The number of piperidine rings is 1. The number of hydrogen-bond acceptors (Lipinski definition) is 2. The first kappa shape index (κ1) is 15.2. The van der Waals surface area contributed by atoms with E-state index >= 15 is 0 Å². The molecule has 1 heterocycles. The Hall–Kier alpha value is -1.23. The van der Waals surface area contributed by atoms with Gasteiger partial charge in [0.1, 0.15) is 0 Å². The Kier molecular flexibility index (Phi) is 4.58. The monoisotopic (exact) mass is 286 g/mol. The van der Waals surface area contributed by atoms with Gasteiger partial charge in [-0.25, -0.2) is 0 Å². The second-order valence-corrected chi connectivity index (χ2v) is 5.45. The zero-order valence-electron chi connectivity index (χ0n) is 11.9. The molecule has 0 bridgehead atoms. The van der Waals surface area contributed by atoms with Crippen molar-refractivity contribution < 1.29 is 13.2 Å². The van der Waals surface area contributed by atoms with Crippen LogP contribution in [0.25, 0.3) is 0 Å². The first-order valence-corrected chi connectivity index (χ1v) is 7.01. The zero-order chi connectivity index (χ0) is 14.8. The molecule has 1 aromatic rings. The number of alkyl halides is 3. The Bertz CT molecular complexity index is 420. The summed E-state index contributed by atoms with van der Waals surface area (Å²) in [6, 6.07) is 5.97. The van der Waals surface area contributed by atoms with Gasteiger partial charge >= 0.3 is 6.18 Å².